The molecule has 0 fully saturated rings. The van der Waals surface area contributed by atoms with Gasteiger partial charge >= 0.3 is 0 Å². The monoisotopic (exact) mass is 257 g/mol. The van der Waals surface area contributed by atoms with Gasteiger partial charge in [0.1, 0.15) is 17.4 Å². The van der Waals surface area contributed by atoms with Gasteiger partial charge in [-0.15, -0.1) is 0 Å². The van der Waals surface area contributed by atoms with E-state index in [1.54, 1.807) is 7.05 Å². The van der Waals surface area contributed by atoms with Crippen LogP contribution in [0.25, 0.3) is 0 Å². The first-order valence-corrected chi connectivity index (χ1v) is 6.34. The Balaban J connectivity index is 2.91. The summed E-state index contributed by atoms with van der Waals surface area (Å²) in [5, 5.41) is 2.98. The average molecular weight is 257 g/mol. The maximum atomic E-state index is 13.9. The molecule has 0 aliphatic heterocycles. The Labute approximate surface area is 107 Å². The van der Waals surface area contributed by atoms with Gasteiger partial charge in [-0.3, -0.25) is 0 Å². The molecule has 0 aliphatic carbocycles. The molecule has 0 bridgehead atoms. The lowest BCUT2D eigenvalue weighted by Gasteiger charge is -2.18. The van der Waals surface area contributed by atoms with Crippen LogP contribution in [0.15, 0.2) is 12.1 Å². The van der Waals surface area contributed by atoms with E-state index in [9.17, 15) is 8.78 Å². The smallest absolute Gasteiger partial charge is 0.134 e. The van der Waals surface area contributed by atoms with Crippen molar-refractivity contribution in [3.05, 3.63) is 29.3 Å². The fourth-order valence-electron chi connectivity index (χ4n) is 2.04. The summed E-state index contributed by atoms with van der Waals surface area (Å²) < 4.78 is 32.6. The number of hydrogen-bond donors (Lipinski definition) is 1. The zero-order valence-electron chi connectivity index (χ0n) is 11.2. The summed E-state index contributed by atoms with van der Waals surface area (Å²) in [7, 11) is 3.12. The van der Waals surface area contributed by atoms with Crippen molar-refractivity contribution >= 4 is 0 Å². The zero-order chi connectivity index (χ0) is 13.5. The number of rotatable bonds is 7. The SMILES string of the molecule is CCCCCC(NC)c1c(F)cc(OC)cc1F. The van der Waals surface area contributed by atoms with Gasteiger partial charge in [0.2, 0.25) is 0 Å². The Hall–Kier alpha value is -1.16. The standard InChI is InChI=1S/C14H21F2NO/c1-4-5-6-7-13(17-2)14-11(15)8-10(18-3)9-12(14)16/h8-9,13,17H,4-7H2,1-3H3. The van der Waals surface area contributed by atoms with Gasteiger partial charge in [0.05, 0.1) is 7.11 Å². The van der Waals surface area contributed by atoms with Crippen LogP contribution in [0.5, 0.6) is 5.75 Å². The van der Waals surface area contributed by atoms with Gasteiger partial charge in [-0.1, -0.05) is 26.2 Å². The van der Waals surface area contributed by atoms with E-state index < -0.39 is 11.6 Å². The van der Waals surface area contributed by atoms with Crippen molar-refractivity contribution in [3.63, 3.8) is 0 Å². The van der Waals surface area contributed by atoms with Gasteiger partial charge in [0.25, 0.3) is 0 Å². The predicted molar refractivity (Wildman–Crippen MR) is 68.9 cm³/mol. The van der Waals surface area contributed by atoms with E-state index in [1.165, 1.54) is 19.2 Å². The Bertz CT molecular complexity index is 359. The van der Waals surface area contributed by atoms with Crippen molar-refractivity contribution in [2.24, 2.45) is 0 Å². The second-order valence-electron chi connectivity index (χ2n) is 4.34. The van der Waals surface area contributed by atoms with Gasteiger partial charge in [-0.25, -0.2) is 8.78 Å². The van der Waals surface area contributed by atoms with Crippen LogP contribution in [0.2, 0.25) is 0 Å². The van der Waals surface area contributed by atoms with E-state index in [0.29, 0.717) is 0 Å². The number of nitrogens with one attached hydrogen (secondary N) is 1. The average Bonchev–Trinajstić information content (AvgIpc) is 2.35. The molecule has 4 heteroatoms. The first kappa shape index (κ1) is 14.9. The molecule has 1 atom stereocenters. The second-order valence-corrected chi connectivity index (χ2v) is 4.34. The van der Waals surface area contributed by atoms with Crippen LogP contribution in [0.4, 0.5) is 8.78 Å². The van der Waals surface area contributed by atoms with E-state index in [2.05, 4.69) is 12.2 Å². The van der Waals surface area contributed by atoms with E-state index in [4.69, 9.17) is 4.74 Å². The van der Waals surface area contributed by atoms with E-state index in [0.717, 1.165) is 25.7 Å². The van der Waals surface area contributed by atoms with Crippen LogP contribution >= 0.6 is 0 Å². The highest BCUT2D eigenvalue weighted by molar-refractivity contribution is 5.32. The fourth-order valence-corrected chi connectivity index (χ4v) is 2.04. The number of ether oxygens (including phenoxy) is 1. The lowest BCUT2D eigenvalue weighted by Crippen LogP contribution is -2.19. The molecule has 2 nitrogen and oxygen atoms in total. The van der Waals surface area contributed by atoms with Gasteiger partial charge in [0.15, 0.2) is 0 Å². The van der Waals surface area contributed by atoms with Crippen molar-refractivity contribution < 1.29 is 13.5 Å². The second kappa shape index (κ2) is 7.31. The van der Waals surface area contributed by atoms with Crippen molar-refractivity contribution in [1.29, 1.82) is 0 Å². The topological polar surface area (TPSA) is 21.3 Å². The molecule has 0 heterocycles. The molecule has 0 radical (unpaired) electrons. The molecule has 1 rings (SSSR count). The maximum Gasteiger partial charge on any atom is 0.134 e. The molecule has 18 heavy (non-hydrogen) atoms. The normalized spacial score (nSPS) is 12.5. The minimum atomic E-state index is -0.553. The lowest BCUT2D eigenvalue weighted by atomic mass is 9.99. The van der Waals surface area contributed by atoms with Gasteiger partial charge < -0.3 is 10.1 Å². The quantitative estimate of drug-likeness (QED) is 0.750. The number of benzene rings is 1. The molecule has 0 amide bonds. The van der Waals surface area contributed by atoms with E-state index in [1.807, 2.05) is 0 Å². The molecular formula is C14H21F2NO. The highest BCUT2D eigenvalue weighted by Gasteiger charge is 2.19. The first-order valence-electron chi connectivity index (χ1n) is 6.34. The van der Waals surface area contributed by atoms with Crippen molar-refractivity contribution in [1.82, 2.24) is 5.32 Å². The third-order valence-electron chi connectivity index (χ3n) is 3.08. The van der Waals surface area contributed by atoms with Crippen LogP contribution < -0.4 is 10.1 Å². The minimum absolute atomic E-state index is 0.106. The summed E-state index contributed by atoms with van der Waals surface area (Å²) in [6.45, 7) is 2.10. The minimum Gasteiger partial charge on any atom is -0.497 e. The Morgan fingerprint density at radius 1 is 1.22 bits per heavy atom. The van der Waals surface area contributed by atoms with E-state index >= 15 is 0 Å². The first-order chi connectivity index (χ1) is 8.63. The number of methoxy groups -OCH3 is 1. The summed E-state index contributed by atoms with van der Waals surface area (Å²) in [5.74, 6) is -0.900. The van der Waals surface area contributed by atoms with Crippen molar-refractivity contribution in [2.75, 3.05) is 14.2 Å². The van der Waals surface area contributed by atoms with Crippen LogP contribution in [0.3, 0.4) is 0 Å². The molecule has 0 saturated heterocycles. The third-order valence-corrected chi connectivity index (χ3v) is 3.08. The van der Waals surface area contributed by atoms with E-state index in [-0.39, 0.29) is 17.4 Å². The summed E-state index contributed by atoms with van der Waals surface area (Å²) in [4.78, 5) is 0. The summed E-state index contributed by atoms with van der Waals surface area (Å²) in [6.07, 6.45) is 3.83. The molecule has 1 aromatic rings. The van der Waals surface area contributed by atoms with Crippen molar-refractivity contribution in [3.8, 4) is 5.75 Å². The Kier molecular flexibility index (Phi) is 6.05. The van der Waals surface area contributed by atoms with Gasteiger partial charge in [-0.2, -0.15) is 0 Å². The molecule has 0 spiro atoms. The van der Waals surface area contributed by atoms with Crippen LogP contribution in [0, 0.1) is 11.6 Å². The summed E-state index contributed by atoms with van der Waals surface area (Å²) in [5.41, 5.74) is 0.106. The highest BCUT2D eigenvalue weighted by atomic mass is 19.1. The number of hydrogen-bond acceptors (Lipinski definition) is 2. The molecule has 0 aromatic heterocycles. The molecule has 0 saturated carbocycles. The Morgan fingerprint density at radius 3 is 2.28 bits per heavy atom. The van der Waals surface area contributed by atoms with Gasteiger partial charge in [0, 0.05) is 23.7 Å². The lowest BCUT2D eigenvalue weighted by molar-refractivity contribution is 0.399. The molecule has 1 N–H and O–H groups in total. The Morgan fingerprint density at radius 2 is 1.83 bits per heavy atom. The number of halogens is 2. The highest BCUT2D eigenvalue weighted by Crippen LogP contribution is 2.28. The summed E-state index contributed by atoms with van der Waals surface area (Å²) in [6, 6.07) is 2.16. The largest absolute Gasteiger partial charge is 0.497 e. The molecule has 0 aliphatic rings. The predicted octanol–water partition coefficient (Wildman–Crippen LogP) is 3.81. The molecule has 1 aromatic carbocycles. The fraction of sp³-hybridized carbons (Fsp3) is 0.571. The van der Waals surface area contributed by atoms with Crippen LogP contribution in [-0.4, -0.2) is 14.2 Å². The molecule has 102 valence electrons. The molecule has 1 unspecified atom stereocenters. The van der Waals surface area contributed by atoms with Crippen LogP contribution in [-0.2, 0) is 0 Å². The zero-order valence-corrected chi connectivity index (χ0v) is 11.2. The maximum absolute atomic E-state index is 13.9. The van der Waals surface area contributed by atoms with Crippen molar-refractivity contribution in [2.45, 2.75) is 38.6 Å². The number of unbranched alkanes of at least 4 members (excludes halogenated alkanes) is 2. The molecular weight excluding hydrogens is 236 g/mol. The third kappa shape index (κ3) is 3.67. The van der Waals surface area contributed by atoms with Crippen LogP contribution in [0.1, 0.15) is 44.2 Å². The van der Waals surface area contributed by atoms with Gasteiger partial charge in [-0.05, 0) is 13.5 Å². The summed E-state index contributed by atoms with van der Waals surface area (Å²) >= 11 is 0.